The molecular weight excluding hydrogens is 204 g/mol. The third kappa shape index (κ3) is 3.73. The first-order valence-corrected chi connectivity index (χ1v) is 8.23. The van der Waals surface area contributed by atoms with Crippen LogP contribution < -0.4 is 0 Å². The smallest absolute Gasteiger partial charge is 0.0323 e. The standard InChI is InChI=1S/C17H32/c1-3-15(16-10-6-4-7-11-16)14-17(2)12-8-5-9-13-17/h15-16H,3-14H2,1-2H3. The van der Waals surface area contributed by atoms with Crippen LogP contribution in [-0.4, -0.2) is 0 Å². The first-order chi connectivity index (χ1) is 8.23. The summed E-state index contributed by atoms with van der Waals surface area (Å²) >= 11 is 0. The fraction of sp³-hybridized carbons (Fsp3) is 1.00. The lowest BCUT2D eigenvalue weighted by molar-refractivity contribution is 0.118. The highest BCUT2D eigenvalue weighted by Gasteiger charge is 2.32. The SMILES string of the molecule is CCC(CC1(C)CCCCC1)C1CCCCC1. The van der Waals surface area contributed by atoms with E-state index in [9.17, 15) is 0 Å². The van der Waals surface area contributed by atoms with E-state index < -0.39 is 0 Å². The van der Waals surface area contributed by atoms with Crippen LogP contribution in [0.1, 0.15) is 90.9 Å². The summed E-state index contributed by atoms with van der Waals surface area (Å²) in [4.78, 5) is 0. The van der Waals surface area contributed by atoms with Crippen LogP contribution in [0, 0.1) is 17.3 Å². The molecule has 1 unspecified atom stereocenters. The highest BCUT2D eigenvalue weighted by molar-refractivity contribution is 4.84. The van der Waals surface area contributed by atoms with Crippen LogP contribution in [0.25, 0.3) is 0 Å². The Hall–Kier alpha value is 0. The molecule has 1 atom stereocenters. The van der Waals surface area contributed by atoms with Crippen LogP contribution >= 0.6 is 0 Å². The third-order valence-corrected chi connectivity index (χ3v) is 5.66. The fourth-order valence-corrected chi connectivity index (χ4v) is 4.49. The van der Waals surface area contributed by atoms with Crippen molar-refractivity contribution in [1.29, 1.82) is 0 Å². The second-order valence-corrected chi connectivity index (χ2v) is 7.14. The van der Waals surface area contributed by atoms with Crippen molar-refractivity contribution < 1.29 is 0 Å². The summed E-state index contributed by atoms with van der Waals surface area (Å²) in [5.41, 5.74) is 0.705. The van der Waals surface area contributed by atoms with Gasteiger partial charge in [0.15, 0.2) is 0 Å². The predicted octanol–water partition coefficient (Wildman–Crippen LogP) is 5.95. The Morgan fingerprint density at radius 2 is 1.53 bits per heavy atom. The van der Waals surface area contributed by atoms with Gasteiger partial charge in [0.2, 0.25) is 0 Å². The van der Waals surface area contributed by atoms with E-state index in [1.807, 2.05) is 0 Å². The van der Waals surface area contributed by atoms with E-state index in [0.29, 0.717) is 5.41 Å². The summed E-state index contributed by atoms with van der Waals surface area (Å²) in [5, 5.41) is 0. The fourth-order valence-electron chi connectivity index (χ4n) is 4.49. The van der Waals surface area contributed by atoms with Crippen molar-refractivity contribution in [3.05, 3.63) is 0 Å². The predicted molar refractivity (Wildman–Crippen MR) is 76.2 cm³/mol. The Balaban J connectivity index is 1.88. The van der Waals surface area contributed by atoms with Gasteiger partial charge in [0.1, 0.15) is 0 Å². The summed E-state index contributed by atoms with van der Waals surface area (Å²) in [6.45, 7) is 5.02. The Morgan fingerprint density at radius 1 is 0.941 bits per heavy atom. The molecule has 0 heteroatoms. The zero-order valence-electron chi connectivity index (χ0n) is 12.1. The molecule has 0 aliphatic heterocycles. The topological polar surface area (TPSA) is 0 Å². The van der Waals surface area contributed by atoms with E-state index in [0.717, 1.165) is 11.8 Å². The minimum atomic E-state index is 0.705. The molecule has 0 heterocycles. The van der Waals surface area contributed by atoms with Crippen molar-refractivity contribution in [2.75, 3.05) is 0 Å². The van der Waals surface area contributed by atoms with Gasteiger partial charge in [-0.25, -0.2) is 0 Å². The van der Waals surface area contributed by atoms with Gasteiger partial charge in [-0.15, -0.1) is 0 Å². The quantitative estimate of drug-likeness (QED) is 0.565. The van der Waals surface area contributed by atoms with E-state index in [4.69, 9.17) is 0 Å². The molecule has 2 aliphatic rings. The molecule has 0 saturated heterocycles. The maximum atomic E-state index is 2.58. The van der Waals surface area contributed by atoms with E-state index in [2.05, 4.69) is 13.8 Å². The van der Waals surface area contributed by atoms with Crippen LogP contribution in [0.4, 0.5) is 0 Å². The van der Waals surface area contributed by atoms with E-state index >= 15 is 0 Å². The second kappa shape index (κ2) is 6.25. The van der Waals surface area contributed by atoms with E-state index in [-0.39, 0.29) is 0 Å². The minimum absolute atomic E-state index is 0.705. The lowest BCUT2D eigenvalue weighted by Crippen LogP contribution is -2.28. The Labute approximate surface area is 109 Å². The largest absolute Gasteiger partial charge is 0.0651 e. The molecule has 2 saturated carbocycles. The molecule has 2 aliphatic carbocycles. The summed E-state index contributed by atoms with van der Waals surface area (Å²) in [7, 11) is 0. The van der Waals surface area contributed by atoms with Gasteiger partial charge in [-0.05, 0) is 36.5 Å². The van der Waals surface area contributed by atoms with Gasteiger partial charge in [0.25, 0.3) is 0 Å². The molecule has 0 bridgehead atoms. The molecule has 0 aromatic rings. The second-order valence-electron chi connectivity index (χ2n) is 7.14. The first-order valence-electron chi connectivity index (χ1n) is 8.23. The third-order valence-electron chi connectivity index (χ3n) is 5.66. The van der Waals surface area contributed by atoms with Gasteiger partial charge in [0, 0.05) is 0 Å². The summed E-state index contributed by atoms with van der Waals surface area (Å²) in [5.74, 6) is 2.12. The molecule has 0 spiro atoms. The molecule has 0 radical (unpaired) electrons. The van der Waals surface area contributed by atoms with Gasteiger partial charge >= 0.3 is 0 Å². The molecule has 100 valence electrons. The molecule has 2 rings (SSSR count). The van der Waals surface area contributed by atoms with Crippen LogP contribution in [-0.2, 0) is 0 Å². The molecule has 0 aromatic carbocycles. The normalized spacial score (nSPS) is 27.9. The number of rotatable bonds is 4. The highest BCUT2D eigenvalue weighted by Crippen LogP contribution is 2.45. The zero-order chi connectivity index (χ0) is 12.1. The molecule has 0 amide bonds. The van der Waals surface area contributed by atoms with Crippen LogP contribution in [0.5, 0.6) is 0 Å². The lowest BCUT2D eigenvalue weighted by Gasteiger charge is -2.40. The van der Waals surface area contributed by atoms with Crippen LogP contribution in [0.2, 0.25) is 0 Å². The monoisotopic (exact) mass is 236 g/mol. The Bertz CT molecular complexity index is 206. The van der Waals surface area contributed by atoms with Crippen molar-refractivity contribution >= 4 is 0 Å². The van der Waals surface area contributed by atoms with Crippen LogP contribution in [0.3, 0.4) is 0 Å². The van der Waals surface area contributed by atoms with Gasteiger partial charge < -0.3 is 0 Å². The van der Waals surface area contributed by atoms with Crippen LogP contribution in [0.15, 0.2) is 0 Å². The maximum absolute atomic E-state index is 2.58. The molecule has 0 N–H and O–H groups in total. The van der Waals surface area contributed by atoms with Gasteiger partial charge in [-0.1, -0.05) is 71.6 Å². The van der Waals surface area contributed by atoms with Gasteiger partial charge in [-0.3, -0.25) is 0 Å². The van der Waals surface area contributed by atoms with Crippen molar-refractivity contribution in [2.24, 2.45) is 17.3 Å². The molecule has 0 aromatic heterocycles. The average Bonchev–Trinajstić information content (AvgIpc) is 2.38. The summed E-state index contributed by atoms with van der Waals surface area (Å²) < 4.78 is 0. The Kier molecular flexibility index (Phi) is 4.94. The van der Waals surface area contributed by atoms with Crippen molar-refractivity contribution in [2.45, 2.75) is 90.9 Å². The van der Waals surface area contributed by atoms with E-state index in [1.54, 1.807) is 0 Å². The number of hydrogen-bond acceptors (Lipinski definition) is 0. The van der Waals surface area contributed by atoms with Gasteiger partial charge in [-0.2, -0.15) is 0 Å². The number of hydrogen-bond donors (Lipinski definition) is 0. The van der Waals surface area contributed by atoms with Crippen molar-refractivity contribution in [3.8, 4) is 0 Å². The summed E-state index contributed by atoms with van der Waals surface area (Å²) in [6, 6.07) is 0. The van der Waals surface area contributed by atoms with Crippen molar-refractivity contribution in [1.82, 2.24) is 0 Å². The Morgan fingerprint density at radius 3 is 2.12 bits per heavy atom. The first kappa shape index (κ1) is 13.4. The average molecular weight is 236 g/mol. The minimum Gasteiger partial charge on any atom is -0.0651 e. The highest BCUT2D eigenvalue weighted by atomic mass is 14.4. The molecular formula is C17H32. The lowest BCUT2D eigenvalue weighted by atomic mass is 9.66. The zero-order valence-corrected chi connectivity index (χ0v) is 12.1. The molecule has 0 nitrogen and oxygen atoms in total. The molecule has 17 heavy (non-hydrogen) atoms. The summed E-state index contributed by atoms with van der Waals surface area (Å²) in [6.07, 6.45) is 18.1. The van der Waals surface area contributed by atoms with E-state index in [1.165, 1.54) is 77.0 Å². The van der Waals surface area contributed by atoms with Gasteiger partial charge in [0.05, 0.1) is 0 Å². The maximum Gasteiger partial charge on any atom is -0.0323 e. The molecule has 2 fully saturated rings. The van der Waals surface area contributed by atoms with Crippen molar-refractivity contribution in [3.63, 3.8) is 0 Å².